The highest BCUT2D eigenvalue weighted by Gasteiger charge is 2.24. The van der Waals surface area contributed by atoms with Crippen LogP contribution in [0.4, 0.5) is 4.39 Å². The van der Waals surface area contributed by atoms with Gasteiger partial charge in [0.15, 0.2) is 0 Å². The second-order valence-corrected chi connectivity index (χ2v) is 7.75. The fourth-order valence-corrected chi connectivity index (χ4v) is 3.58. The predicted molar refractivity (Wildman–Crippen MR) is 123 cm³/mol. The minimum Gasteiger partial charge on any atom is -0.508 e. The molecule has 0 aliphatic rings. The third-order valence-electron chi connectivity index (χ3n) is 5.05. The molecule has 0 bridgehead atoms. The van der Waals surface area contributed by atoms with Gasteiger partial charge < -0.3 is 20.5 Å². The smallest absolute Gasteiger partial charge is 0.270 e. The van der Waals surface area contributed by atoms with Crippen LogP contribution in [-0.4, -0.2) is 32.2 Å². The summed E-state index contributed by atoms with van der Waals surface area (Å²) in [5.74, 6) is 4.24. The fraction of sp³-hybridized carbons (Fsp3) is 0.154. The van der Waals surface area contributed by atoms with E-state index in [4.69, 9.17) is 0 Å². The van der Waals surface area contributed by atoms with Crippen LogP contribution in [0.15, 0.2) is 60.7 Å². The number of aliphatic hydroxyl groups is 1. The number of hydrogen-bond acceptors (Lipinski definition) is 4. The van der Waals surface area contributed by atoms with Gasteiger partial charge in [0.2, 0.25) is 0 Å². The summed E-state index contributed by atoms with van der Waals surface area (Å²) in [6, 6.07) is 15.4. The number of H-pyrrole nitrogens is 1. The molecule has 0 saturated carbocycles. The molecule has 4 rings (SSSR count). The maximum atomic E-state index is 14.1. The van der Waals surface area contributed by atoms with Gasteiger partial charge in [0.1, 0.15) is 23.4 Å². The molecule has 2 heterocycles. The Morgan fingerprint density at radius 1 is 1.15 bits per heavy atom. The Balaban J connectivity index is 1.75. The first kappa shape index (κ1) is 22.1. The maximum Gasteiger partial charge on any atom is 0.270 e. The van der Waals surface area contributed by atoms with Crippen molar-refractivity contribution in [1.82, 2.24) is 15.3 Å². The van der Waals surface area contributed by atoms with Crippen LogP contribution in [0, 0.1) is 24.6 Å². The Hall–Kier alpha value is -4.15. The minimum absolute atomic E-state index is 0.113. The van der Waals surface area contributed by atoms with Gasteiger partial charge in [0, 0.05) is 28.0 Å². The van der Waals surface area contributed by atoms with E-state index in [9.17, 15) is 19.4 Å². The van der Waals surface area contributed by atoms with Crippen LogP contribution in [-0.2, 0) is 0 Å². The molecular formula is C26H22FN3O3. The molecule has 0 fully saturated rings. The summed E-state index contributed by atoms with van der Waals surface area (Å²) in [6.07, 6.45) is -0.807. The topological polar surface area (TPSA) is 98.2 Å². The number of benzene rings is 2. The van der Waals surface area contributed by atoms with Crippen molar-refractivity contribution in [3.05, 3.63) is 94.7 Å². The molecule has 0 aliphatic heterocycles. The van der Waals surface area contributed by atoms with Gasteiger partial charge >= 0.3 is 0 Å². The van der Waals surface area contributed by atoms with Gasteiger partial charge in [-0.05, 0) is 61.7 Å². The number of aromatic amines is 1. The Morgan fingerprint density at radius 2 is 1.94 bits per heavy atom. The Kier molecular flexibility index (Phi) is 6.11. The fourth-order valence-electron chi connectivity index (χ4n) is 3.58. The number of aromatic nitrogens is 2. The second-order valence-electron chi connectivity index (χ2n) is 7.75. The summed E-state index contributed by atoms with van der Waals surface area (Å²) in [7, 11) is 0. The summed E-state index contributed by atoms with van der Waals surface area (Å²) in [6.45, 7) is 3.28. The highest BCUT2D eigenvalue weighted by Crippen LogP contribution is 2.31. The number of para-hydroxylation sites is 1. The number of hydrogen-bond donors (Lipinski definition) is 4. The SMILES string of the molecule is Cc1cc(C#C[C@H](C)O)cc(C(=O)NC(c2cc3ccccc3[nH]2)c2cc(F)ccc2O)n1. The van der Waals surface area contributed by atoms with E-state index in [1.54, 1.807) is 19.9 Å². The number of nitrogens with one attached hydrogen (secondary N) is 2. The number of halogens is 1. The molecule has 4 N–H and O–H groups in total. The summed E-state index contributed by atoms with van der Waals surface area (Å²) in [5, 5.41) is 23.6. The van der Waals surface area contributed by atoms with E-state index < -0.39 is 23.9 Å². The van der Waals surface area contributed by atoms with Gasteiger partial charge in [-0.25, -0.2) is 9.37 Å². The molecule has 0 radical (unpaired) electrons. The quantitative estimate of drug-likeness (QED) is 0.359. The molecule has 2 atom stereocenters. The van der Waals surface area contributed by atoms with Gasteiger partial charge in [0.05, 0.1) is 6.04 Å². The molecule has 33 heavy (non-hydrogen) atoms. The van der Waals surface area contributed by atoms with Crippen LogP contribution in [0.5, 0.6) is 5.75 Å². The molecule has 6 nitrogen and oxygen atoms in total. The van der Waals surface area contributed by atoms with Gasteiger partial charge in [-0.3, -0.25) is 4.79 Å². The highest BCUT2D eigenvalue weighted by atomic mass is 19.1. The normalized spacial score (nSPS) is 12.6. The molecule has 1 unspecified atom stereocenters. The lowest BCUT2D eigenvalue weighted by atomic mass is 10.0. The zero-order valence-corrected chi connectivity index (χ0v) is 18.1. The first-order chi connectivity index (χ1) is 15.8. The number of nitrogens with zero attached hydrogens (tertiary/aromatic N) is 1. The number of phenolic OH excluding ortho intramolecular Hbond substituents is 1. The van der Waals surface area contributed by atoms with E-state index in [2.05, 4.69) is 27.1 Å². The van der Waals surface area contributed by atoms with Crippen molar-refractivity contribution in [2.45, 2.75) is 26.0 Å². The monoisotopic (exact) mass is 443 g/mol. The first-order valence-electron chi connectivity index (χ1n) is 10.4. The number of carbonyl (C=O) groups is 1. The van der Waals surface area contributed by atoms with Crippen molar-refractivity contribution in [3.8, 4) is 17.6 Å². The third kappa shape index (κ3) is 5.03. The summed E-state index contributed by atoms with van der Waals surface area (Å²) >= 11 is 0. The standard InChI is InChI=1S/C26H22FN3O3/c1-15-11-17(8-7-16(2)31)12-23(28-15)26(33)30-25(20-14-19(27)9-10-24(20)32)22-13-18-5-3-4-6-21(18)29-22/h3-6,9-14,16,25,29,31-32H,1-2H3,(H,30,33)/t16-,25?/m0/s1. The van der Waals surface area contributed by atoms with Crippen molar-refractivity contribution in [1.29, 1.82) is 0 Å². The Labute approximate surface area is 190 Å². The van der Waals surface area contributed by atoms with E-state index in [0.717, 1.165) is 17.0 Å². The number of aryl methyl sites for hydroxylation is 1. The number of aromatic hydroxyl groups is 1. The second kappa shape index (κ2) is 9.15. The largest absolute Gasteiger partial charge is 0.508 e. The number of fused-ring (bicyclic) bond motifs is 1. The molecule has 0 saturated heterocycles. The molecule has 0 aliphatic carbocycles. The van der Waals surface area contributed by atoms with Crippen LogP contribution < -0.4 is 5.32 Å². The molecule has 2 aromatic heterocycles. The summed E-state index contributed by atoms with van der Waals surface area (Å²) in [5.41, 5.74) is 2.84. The molecular weight excluding hydrogens is 421 g/mol. The zero-order chi connectivity index (χ0) is 23.5. The number of rotatable bonds is 4. The molecule has 4 aromatic rings. The minimum atomic E-state index is -0.866. The van der Waals surface area contributed by atoms with E-state index in [1.807, 2.05) is 30.3 Å². The molecule has 166 valence electrons. The van der Waals surface area contributed by atoms with Crippen molar-refractivity contribution in [2.75, 3.05) is 0 Å². The number of phenols is 1. The predicted octanol–water partition coefficient (Wildman–Crippen LogP) is 3.97. The molecule has 0 spiro atoms. The first-order valence-corrected chi connectivity index (χ1v) is 10.4. The van der Waals surface area contributed by atoms with E-state index in [1.165, 1.54) is 18.2 Å². The Bertz CT molecular complexity index is 1370. The van der Waals surface area contributed by atoms with Gasteiger partial charge in [-0.2, -0.15) is 0 Å². The molecule has 2 aromatic carbocycles. The van der Waals surface area contributed by atoms with Gasteiger partial charge in [0.25, 0.3) is 5.91 Å². The third-order valence-corrected chi connectivity index (χ3v) is 5.05. The van der Waals surface area contributed by atoms with Crippen molar-refractivity contribution in [2.24, 2.45) is 0 Å². The van der Waals surface area contributed by atoms with Crippen LogP contribution in [0.1, 0.15) is 46.0 Å². The lowest BCUT2D eigenvalue weighted by molar-refractivity contribution is 0.0936. The molecule has 7 heteroatoms. The van der Waals surface area contributed by atoms with Crippen molar-refractivity contribution < 1.29 is 19.4 Å². The van der Waals surface area contributed by atoms with Gasteiger partial charge in [-0.15, -0.1) is 0 Å². The van der Waals surface area contributed by atoms with Crippen molar-refractivity contribution >= 4 is 16.8 Å². The number of amides is 1. The van der Waals surface area contributed by atoms with E-state index in [-0.39, 0.29) is 17.0 Å². The van der Waals surface area contributed by atoms with Crippen LogP contribution in [0.3, 0.4) is 0 Å². The summed E-state index contributed by atoms with van der Waals surface area (Å²) in [4.78, 5) is 20.7. The van der Waals surface area contributed by atoms with Gasteiger partial charge in [-0.1, -0.05) is 30.0 Å². The zero-order valence-electron chi connectivity index (χ0n) is 18.1. The number of aliphatic hydroxyl groups excluding tert-OH is 1. The lowest BCUT2D eigenvalue weighted by Crippen LogP contribution is -2.30. The molecule has 1 amide bonds. The van der Waals surface area contributed by atoms with E-state index >= 15 is 0 Å². The number of pyridine rings is 1. The van der Waals surface area contributed by atoms with Crippen LogP contribution in [0.25, 0.3) is 10.9 Å². The van der Waals surface area contributed by atoms with Crippen LogP contribution in [0.2, 0.25) is 0 Å². The average molecular weight is 443 g/mol. The van der Waals surface area contributed by atoms with Crippen molar-refractivity contribution in [3.63, 3.8) is 0 Å². The average Bonchev–Trinajstić information content (AvgIpc) is 3.21. The Morgan fingerprint density at radius 3 is 2.70 bits per heavy atom. The number of carbonyl (C=O) groups excluding carboxylic acids is 1. The maximum absolute atomic E-state index is 14.1. The van der Waals surface area contributed by atoms with E-state index in [0.29, 0.717) is 17.0 Å². The van der Waals surface area contributed by atoms with Crippen LogP contribution >= 0.6 is 0 Å². The highest BCUT2D eigenvalue weighted by molar-refractivity contribution is 5.93. The lowest BCUT2D eigenvalue weighted by Gasteiger charge is -2.19. The summed E-state index contributed by atoms with van der Waals surface area (Å²) < 4.78 is 14.1.